The fourth-order valence-corrected chi connectivity index (χ4v) is 2.28. The Labute approximate surface area is 190 Å². The van der Waals surface area contributed by atoms with Gasteiger partial charge in [-0.15, -0.1) is 0 Å². The SMILES string of the molecule is CC.CC.CC/C=C\CC.FC(F)(F)c1cnc(-c2ccc(C3CC3)cc2)[nH]1.O=CNO. The van der Waals surface area contributed by atoms with Gasteiger partial charge in [0.25, 0.3) is 0 Å². The first-order valence-corrected chi connectivity index (χ1v) is 11.1. The Hall–Kier alpha value is -2.61. The minimum Gasteiger partial charge on any atom is -0.334 e. The second-order valence-corrected chi connectivity index (χ2v) is 6.07. The number of hydroxylamine groups is 1. The Morgan fingerprint density at radius 1 is 1.06 bits per heavy atom. The minimum atomic E-state index is -4.38. The molecule has 182 valence electrons. The number of amides is 1. The van der Waals surface area contributed by atoms with Gasteiger partial charge in [-0.2, -0.15) is 13.2 Å². The Kier molecular flexibility index (Phi) is 18.9. The molecule has 0 radical (unpaired) electrons. The van der Waals surface area contributed by atoms with Crippen molar-refractivity contribution in [1.82, 2.24) is 15.4 Å². The lowest BCUT2D eigenvalue weighted by molar-refractivity contribution is -0.140. The summed E-state index contributed by atoms with van der Waals surface area (Å²) in [5, 5.41) is 7.26. The third-order valence-electron chi connectivity index (χ3n) is 3.80. The number of imidazole rings is 1. The van der Waals surface area contributed by atoms with Crippen molar-refractivity contribution >= 4 is 6.41 Å². The number of alkyl halides is 3. The predicted molar refractivity (Wildman–Crippen MR) is 124 cm³/mol. The van der Waals surface area contributed by atoms with Gasteiger partial charge in [-0.3, -0.25) is 10.0 Å². The van der Waals surface area contributed by atoms with Crippen molar-refractivity contribution in [2.24, 2.45) is 0 Å². The molecule has 3 rings (SSSR count). The summed E-state index contributed by atoms with van der Waals surface area (Å²) in [4.78, 5) is 14.9. The van der Waals surface area contributed by atoms with E-state index < -0.39 is 11.9 Å². The Morgan fingerprint density at radius 2 is 1.53 bits per heavy atom. The number of nitrogens with zero attached hydrogens (tertiary/aromatic N) is 1. The van der Waals surface area contributed by atoms with Gasteiger partial charge in [0.2, 0.25) is 6.41 Å². The number of rotatable bonds is 5. The molecule has 1 aromatic heterocycles. The highest BCUT2D eigenvalue weighted by atomic mass is 19.4. The number of carbonyl (C=O) groups excluding carboxylic acids is 1. The lowest BCUT2D eigenvalue weighted by Gasteiger charge is -2.02. The van der Waals surface area contributed by atoms with E-state index in [1.165, 1.54) is 36.7 Å². The number of halogens is 3. The maximum Gasteiger partial charge on any atom is 0.432 e. The van der Waals surface area contributed by atoms with Crippen molar-refractivity contribution in [1.29, 1.82) is 0 Å². The second-order valence-electron chi connectivity index (χ2n) is 6.07. The molecule has 1 saturated carbocycles. The maximum absolute atomic E-state index is 12.4. The van der Waals surface area contributed by atoms with E-state index in [1.54, 1.807) is 0 Å². The minimum absolute atomic E-state index is 0.181. The number of H-pyrrole nitrogens is 1. The largest absolute Gasteiger partial charge is 0.432 e. The molecule has 0 unspecified atom stereocenters. The van der Waals surface area contributed by atoms with Crippen LogP contribution in [0.3, 0.4) is 0 Å². The molecule has 0 spiro atoms. The molecule has 0 bridgehead atoms. The first kappa shape index (κ1) is 31.6. The summed E-state index contributed by atoms with van der Waals surface area (Å²) < 4.78 is 37.3. The Balaban J connectivity index is 0. The van der Waals surface area contributed by atoms with Crippen LogP contribution >= 0.6 is 0 Å². The molecule has 1 aromatic carbocycles. The van der Waals surface area contributed by atoms with Gasteiger partial charge < -0.3 is 4.98 Å². The van der Waals surface area contributed by atoms with E-state index in [0.29, 0.717) is 11.5 Å². The van der Waals surface area contributed by atoms with Gasteiger partial charge >= 0.3 is 6.18 Å². The van der Waals surface area contributed by atoms with Gasteiger partial charge in [0.1, 0.15) is 11.5 Å². The van der Waals surface area contributed by atoms with E-state index in [2.05, 4.69) is 36.0 Å². The number of hydrogen-bond donors (Lipinski definition) is 3. The summed E-state index contributed by atoms with van der Waals surface area (Å²) in [6, 6.07) is 7.55. The summed E-state index contributed by atoms with van der Waals surface area (Å²) in [6.07, 6.45) is 5.75. The van der Waals surface area contributed by atoms with Crippen LogP contribution < -0.4 is 5.48 Å². The molecule has 1 amide bonds. The van der Waals surface area contributed by atoms with Crippen molar-refractivity contribution in [3.05, 3.63) is 53.9 Å². The molecule has 0 aliphatic heterocycles. The van der Waals surface area contributed by atoms with Crippen LogP contribution in [-0.2, 0) is 11.0 Å². The molecule has 0 atom stereocenters. The summed E-state index contributed by atoms with van der Waals surface area (Å²) in [7, 11) is 0. The summed E-state index contributed by atoms with van der Waals surface area (Å²) in [6.45, 7) is 12.3. The number of benzene rings is 1. The first-order chi connectivity index (χ1) is 15.4. The third-order valence-corrected chi connectivity index (χ3v) is 3.80. The average Bonchev–Trinajstić information content (AvgIpc) is 3.55. The highest BCUT2D eigenvalue weighted by Gasteiger charge is 2.33. The molecular weight excluding hydrogens is 419 g/mol. The van der Waals surface area contributed by atoms with E-state index in [4.69, 9.17) is 10.0 Å². The highest BCUT2D eigenvalue weighted by Crippen LogP contribution is 2.40. The van der Waals surface area contributed by atoms with Crippen LogP contribution in [-0.4, -0.2) is 21.6 Å². The zero-order valence-electron chi connectivity index (χ0n) is 20.0. The predicted octanol–water partition coefficient (Wildman–Crippen LogP) is 7.51. The fourth-order valence-electron chi connectivity index (χ4n) is 2.28. The van der Waals surface area contributed by atoms with Crippen LogP contribution in [0.2, 0.25) is 0 Å². The molecule has 2 aromatic rings. The molecule has 1 aliphatic carbocycles. The third kappa shape index (κ3) is 13.6. The van der Waals surface area contributed by atoms with Crippen LogP contribution in [0.1, 0.15) is 84.4 Å². The summed E-state index contributed by atoms with van der Waals surface area (Å²) in [5.41, 5.74) is 2.36. The van der Waals surface area contributed by atoms with Gasteiger partial charge in [0.05, 0.1) is 6.20 Å². The van der Waals surface area contributed by atoms with Gasteiger partial charge in [0, 0.05) is 5.56 Å². The number of aromatic amines is 1. The summed E-state index contributed by atoms with van der Waals surface area (Å²) >= 11 is 0. The van der Waals surface area contributed by atoms with Crippen LogP contribution in [0.4, 0.5) is 13.2 Å². The van der Waals surface area contributed by atoms with E-state index in [0.717, 1.165) is 6.20 Å². The molecular formula is C24H38F3N3O2. The Morgan fingerprint density at radius 3 is 1.84 bits per heavy atom. The van der Waals surface area contributed by atoms with Crippen LogP contribution in [0.15, 0.2) is 42.6 Å². The lowest BCUT2D eigenvalue weighted by atomic mass is 10.1. The number of aromatic nitrogens is 2. The maximum atomic E-state index is 12.4. The second kappa shape index (κ2) is 19.1. The Bertz CT molecular complexity index is 717. The molecule has 8 heteroatoms. The van der Waals surface area contributed by atoms with Gasteiger partial charge in [-0.1, -0.05) is 78.0 Å². The molecule has 5 nitrogen and oxygen atoms in total. The molecule has 1 fully saturated rings. The van der Waals surface area contributed by atoms with Crippen LogP contribution in [0.25, 0.3) is 11.4 Å². The molecule has 0 saturated heterocycles. The molecule has 3 N–H and O–H groups in total. The highest BCUT2D eigenvalue weighted by molar-refractivity contribution is 5.56. The zero-order chi connectivity index (χ0) is 25.0. The van der Waals surface area contributed by atoms with E-state index >= 15 is 0 Å². The van der Waals surface area contributed by atoms with Crippen molar-refractivity contribution in [3.63, 3.8) is 0 Å². The monoisotopic (exact) mass is 457 g/mol. The van der Waals surface area contributed by atoms with Gasteiger partial charge in [0.15, 0.2) is 0 Å². The standard InChI is InChI=1S/C13H11F3N2.C6H12.2C2H6.CH3NO2/c14-13(15,16)11-7-17-12(18-11)10-5-3-9(4-6-10)8-1-2-8;1-3-5-6-4-2;2*1-2;3-1-2-4/h3-8H,1-2H2,(H,17,18);5-6H,3-4H2,1-2H3;2*1-2H3;1,4H,(H,2,3)/b;6-5-;;;. The molecule has 1 aliphatic rings. The van der Waals surface area contributed by atoms with Crippen molar-refractivity contribution in [3.8, 4) is 11.4 Å². The van der Waals surface area contributed by atoms with E-state index in [1.807, 2.05) is 52.0 Å². The normalized spacial score (nSPS) is 11.9. The van der Waals surface area contributed by atoms with E-state index in [-0.39, 0.29) is 12.2 Å². The van der Waals surface area contributed by atoms with Crippen molar-refractivity contribution in [2.75, 3.05) is 0 Å². The summed E-state index contributed by atoms with van der Waals surface area (Å²) in [5.74, 6) is 0.894. The van der Waals surface area contributed by atoms with Gasteiger partial charge in [-0.25, -0.2) is 10.5 Å². The zero-order valence-corrected chi connectivity index (χ0v) is 20.0. The van der Waals surface area contributed by atoms with Crippen molar-refractivity contribution in [2.45, 2.75) is 79.3 Å². The van der Waals surface area contributed by atoms with Crippen LogP contribution in [0, 0.1) is 0 Å². The van der Waals surface area contributed by atoms with Crippen molar-refractivity contribution < 1.29 is 23.2 Å². The number of allylic oxidation sites excluding steroid dienone is 2. The molecule has 32 heavy (non-hydrogen) atoms. The smallest absolute Gasteiger partial charge is 0.334 e. The van der Waals surface area contributed by atoms with E-state index in [9.17, 15) is 13.2 Å². The average molecular weight is 458 g/mol. The number of carbonyl (C=O) groups is 1. The first-order valence-electron chi connectivity index (χ1n) is 11.1. The fraction of sp³-hybridized carbons (Fsp3) is 0.500. The van der Waals surface area contributed by atoms with Gasteiger partial charge in [-0.05, 0) is 37.2 Å². The molecule has 1 heterocycles. The topological polar surface area (TPSA) is 78.0 Å². The lowest BCUT2D eigenvalue weighted by Crippen LogP contribution is -2.04. The number of hydrogen-bond acceptors (Lipinski definition) is 3. The quantitative estimate of drug-likeness (QED) is 0.188. The van der Waals surface area contributed by atoms with Crippen LogP contribution in [0.5, 0.6) is 0 Å². The number of nitrogens with one attached hydrogen (secondary N) is 2.